The largest absolute Gasteiger partial charge is 0.415 e. The number of alkyl halides is 3. The lowest BCUT2D eigenvalue weighted by Crippen LogP contribution is -2.33. The Balaban J connectivity index is 2.64. The summed E-state index contributed by atoms with van der Waals surface area (Å²) >= 11 is 1.60. The first-order valence-electron chi connectivity index (χ1n) is 5.94. The van der Waals surface area contributed by atoms with Gasteiger partial charge in [0.2, 0.25) is 5.89 Å². The summed E-state index contributed by atoms with van der Waals surface area (Å²) in [7, 11) is 0. The van der Waals surface area contributed by atoms with Crippen molar-refractivity contribution < 1.29 is 22.8 Å². The van der Waals surface area contributed by atoms with Crippen LogP contribution in [0.15, 0.2) is 4.52 Å². The zero-order valence-corrected chi connectivity index (χ0v) is 11.8. The number of hydrogen-bond donors (Lipinski definition) is 1. The number of aliphatic hydroxyl groups is 1. The fourth-order valence-electron chi connectivity index (χ4n) is 1.26. The van der Waals surface area contributed by atoms with Crippen molar-refractivity contribution in [3.8, 4) is 0 Å². The van der Waals surface area contributed by atoms with Crippen LogP contribution >= 0.6 is 11.8 Å². The smallest absolute Gasteiger partial charge is 0.383 e. The highest BCUT2D eigenvalue weighted by atomic mass is 32.2. The van der Waals surface area contributed by atoms with Gasteiger partial charge in [-0.3, -0.25) is 0 Å². The van der Waals surface area contributed by atoms with Gasteiger partial charge in [-0.15, -0.1) is 0 Å². The molecule has 0 aliphatic heterocycles. The monoisotopic (exact) mass is 298 g/mol. The fourth-order valence-corrected chi connectivity index (χ4v) is 2.05. The van der Waals surface area contributed by atoms with E-state index < -0.39 is 18.2 Å². The van der Waals surface area contributed by atoms with Crippen LogP contribution in [0.5, 0.6) is 0 Å². The zero-order chi connectivity index (χ0) is 14.6. The van der Waals surface area contributed by atoms with Crippen LogP contribution in [-0.2, 0) is 5.75 Å². The van der Waals surface area contributed by atoms with Gasteiger partial charge >= 0.3 is 6.18 Å². The second-order valence-corrected chi connectivity index (χ2v) is 5.78. The molecule has 0 aliphatic carbocycles. The van der Waals surface area contributed by atoms with Crippen molar-refractivity contribution in [2.24, 2.45) is 0 Å². The lowest BCUT2D eigenvalue weighted by molar-refractivity contribution is -0.210. The van der Waals surface area contributed by atoms with Crippen molar-refractivity contribution in [2.75, 3.05) is 0 Å². The van der Waals surface area contributed by atoms with E-state index in [0.29, 0.717) is 16.8 Å². The van der Waals surface area contributed by atoms with Crippen LogP contribution in [0, 0.1) is 0 Å². The van der Waals surface area contributed by atoms with Gasteiger partial charge in [0.1, 0.15) is 0 Å². The van der Waals surface area contributed by atoms with E-state index in [-0.39, 0.29) is 5.89 Å². The molecular weight excluding hydrogens is 281 g/mol. The highest BCUT2D eigenvalue weighted by Crippen LogP contribution is 2.31. The summed E-state index contributed by atoms with van der Waals surface area (Å²) in [4.78, 5) is 3.89. The normalized spacial score (nSPS) is 17.2. The molecule has 4 nitrogen and oxygen atoms in total. The Labute approximate surface area is 113 Å². The number of thioether (sulfide) groups is 1. The minimum atomic E-state index is -4.69. The van der Waals surface area contributed by atoms with Gasteiger partial charge in [0, 0.05) is 5.25 Å². The summed E-state index contributed by atoms with van der Waals surface area (Å²) < 4.78 is 41.8. The van der Waals surface area contributed by atoms with Crippen molar-refractivity contribution in [3.05, 3.63) is 11.7 Å². The number of aromatic nitrogens is 2. The van der Waals surface area contributed by atoms with Crippen LogP contribution in [0.4, 0.5) is 13.2 Å². The number of aliphatic hydroxyl groups excluding tert-OH is 1. The minimum Gasteiger partial charge on any atom is -0.383 e. The van der Waals surface area contributed by atoms with Crippen LogP contribution in [0.1, 0.15) is 44.8 Å². The number of halogens is 3. The summed E-state index contributed by atoms with van der Waals surface area (Å²) in [6.45, 7) is 5.29. The number of nitrogens with zero attached hydrogens (tertiary/aromatic N) is 2. The van der Waals surface area contributed by atoms with Gasteiger partial charge in [-0.2, -0.15) is 29.9 Å². The van der Waals surface area contributed by atoms with Gasteiger partial charge in [0.25, 0.3) is 0 Å². The summed E-state index contributed by atoms with van der Waals surface area (Å²) in [5, 5.41) is 13.2. The van der Waals surface area contributed by atoms with Crippen molar-refractivity contribution in [3.63, 3.8) is 0 Å². The van der Waals surface area contributed by atoms with Gasteiger partial charge < -0.3 is 9.63 Å². The van der Waals surface area contributed by atoms with E-state index in [0.717, 1.165) is 6.42 Å². The molecule has 0 saturated carbocycles. The maximum Gasteiger partial charge on any atom is 0.415 e. The molecule has 3 unspecified atom stereocenters. The molecule has 19 heavy (non-hydrogen) atoms. The zero-order valence-electron chi connectivity index (χ0n) is 10.9. The molecule has 0 aliphatic rings. The van der Waals surface area contributed by atoms with E-state index in [4.69, 9.17) is 9.63 Å². The van der Waals surface area contributed by atoms with E-state index in [1.54, 1.807) is 11.8 Å². The topological polar surface area (TPSA) is 59.2 Å². The third-order valence-electron chi connectivity index (χ3n) is 2.75. The maximum absolute atomic E-state index is 12.3. The second kappa shape index (κ2) is 6.60. The van der Waals surface area contributed by atoms with Crippen molar-refractivity contribution in [1.82, 2.24) is 10.1 Å². The van der Waals surface area contributed by atoms with Crippen LogP contribution in [0.3, 0.4) is 0 Å². The van der Waals surface area contributed by atoms with Gasteiger partial charge in [-0.25, -0.2) is 0 Å². The Morgan fingerprint density at radius 3 is 2.53 bits per heavy atom. The highest BCUT2D eigenvalue weighted by Gasteiger charge is 2.44. The molecule has 1 aromatic heterocycles. The van der Waals surface area contributed by atoms with Crippen LogP contribution in [-0.4, -0.2) is 32.8 Å². The molecule has 0 amide bonds. The number of hydrogen-bond acceptors (Lipinski definition) is 5. The average Bonchev–Trinajstić information content (AvgIpc) is 2.81. The Hall–Kier alpha value is -0.760. The molecule has 1 heterocycles. The molecule has 0 fully saturated rings. The summed E-state index contributed by atoms with van der Waals surface area (Å²) in [6, 6.07) is 0. The predicted octanol–water partition coefficient (Wildman–Crippen LogP) is 3.13. The third-order valence-corrected chi connectivity index (χ3v) is 4.08. The molecule has 3 atom stereocenters. The van der Waals surface area contributed by atoms with E-state index in [1.807, 2.05) is 13.8 Å². The first-order valence-corrected chi connectivity index (χ1v) is 6.99. The van der Waals surface area contributed by atoms with Gasteiger partial charge in [0.15, 0.2) is 11.9 Å². The van der Waals surface area contributed by atoms with E-state index in [9.17, 15) is 13.2 Å². The molecule has 0 aromatic carbocycles. The Morgan fingerprint density at radius 2 is 2.00 bits per heavy atom. The first-order chi connectivity index (χ1) is 8.75. The molecular formula is C11H17F3N2O2S. The highest BCUT2D eigenvalue weighted by molar-refractivity contribution is 7.99. The molecule has 0 saturated heterocycles. The Kier molecular flexibility index (Phi) is 5.66. The van der Waals surface area contributed by atoms with E-state index in [2.05, 4.69) is 10.1 Å². The number of rotatable bonds is 6. The molecule has 0 bridgehead atoms. The Bertz CT molecular complexity index is 398. The molecule has 0 spiro atoms. The molecule has 8 heteroatoms. The maximum atomic E-state index is 12.3. The van der Waals surface area contributed by atoms with Crippen molar-refractivity contribution in [2.45, 2.75) is 56.4 Å². The van der Waals surface area contributed by atoms with Crippen LogP contribution in [0.25, 0.3) is 0 Å². The SMILES string of the molecule is CCC(C)SCc1noc(C(C)C(O)C(F)(F)F)n1. The third kappa shape index (κ3) is 4.68. The standard InChI is InChI=1S/C11H17F3N2O2S/c1-4-6(2)19-5-8-15-10(18-16-8)7(3)9(17)11(12,13)14/h6-7,9,17H,4-5H2,1-3H3. The van der Waals surface area contributed by atoms with Gasteiger partial charge in [-0.1, -0.05) is 25.9 Å². The summed E-state index contributed by atoms with van der Waals surface area (Å²) in [5.41, 5.74) is 0. The van der Waals surface area contributed by atoms with E-state index >= 15 is 0 Å². The summed E-state index contributed by atoms with van der Waals surface area (Å²) in [5.74, 6) is -0.631. The quantitative estimate of drug-likeness (QED) is 0.874. The second-order valence-electron chi connectivity index (χ2n) is 4.35. The molecule has 0 radical (unpaired) electrons. The van der Waals surface area contributed by atoms with Crippen molar-refractivity contribution in [1.29, 1.82) is 0 Å². The van der Waals surface area contributed by atoms with Gasteiger partial charge in [-0.05, 0) is 6.42 Å². The molecule has 1 N–H and O–H groups in total. The average molecular weight is 298 g/mol. The molecule has 110 valence electrons. The lowest BCUT2D eigenvalue weighted by Gasteiger charge is -2.17. The van der Waals surface area contributed by atoms with Crippen LogP contribution < -0.4 is 0 Å². The summed E-state index contributed by atoms with van der Waals surface area (Å²) in [6.07, 6.45) is -6.21. The van der Waals surface area contributed by atoms with Gasteiger partial charge in [0.05, 0.1) is 11.7 Å². The minimum absolute atomic E-state index is 0.190. The van der Waals surface area contributed by atoms with Crippen LogP contribution in [0.2, 0.25) is 0 Å². The fraction of sp³-hybridized carbons (Fsp3) is 0.818. The first kappa shape index (κ1) is 16.3. The van der Waals surface area contributed by atoms with Crippen molar-refractivity contribution >= 4 is 11.8 Å². The predicted molar refractivity (Wildman–Crippen MR) is 65.8 cm³/mol. The molecule has 1 aromatic rings. The Morgan fingerprint density at radius 1 is 1.37 bits per heavy atom. The lowest BCUT2D eigenvalue weighted by atomic mass is 10.1. The molecule has 1 rings (SSSR count). The van der Waals surface area contributed by atoms with E-state index in [1.165, 1.54) is 6.92 Å².